The van der Waals surface area contributed by atoms with Crippen LogP contribution in [0.5, 0.6) is 0 Å². The maximum Gasteiger partial charge on any atom is 0.0600 e. The first-order chi connectivity index (χ1) is 11.2. The van der Waals surface area contributed by atoms with Crippen molar-refractivity contribution in [3.05, 3.63) is 47.5 Å². The summed E-state index contributed by atoms with van der Waals surface area (Å²) in [6.45, 7) is 0. The number of fused-ring (bicyclic) bond motifs is 3. The molecule has 1 saturated carbocycles. The van der Waals surface area contributed by atoms with Crippen molar-refractivity contribution in [2.45, 2.75) is 44.6 Å². The van der Waals surface area contributed by atoms with E-state index in [-0.39, 0.29) is 0 Å². The van der Waals surface area contributed by atoms with Gasteiger partial charge in [0.25, 0.3) is 0 Å². The second kappa shape index (κ2) is 5.92. The second-order valence-electron chi connectivity index (χ2n) is 7.23. The molecule has 0 atom stereocenters. The van der Waals surface area contributed by atoms with Gasteiger partial charge in [0.2, 0.25) is 0 Å². The van der Waals surface area contributed by atoms with E-state index in [9.17, 15) is 0 Å². The summed E-state index contributed by atoms with van der Waals surface area (Å²) >= 11 is 0. The van der Waals surface area contributed by atoms with Crippen molar-refractivity contribution < 1.29 is 0 Å². The number of hydrogen-bond donors (Lipinski definition) is 1. The van der Waals surface area contributed by atoms with E-state index in [0.29, 0.717) is 6.04 Å². The number of hydrogen-bond acceptors (Lipinski definition) is 2. The molecule has 2 heteroatoms. The topological polar surface area (TPSA) is 15.3 Å². The molecule has 0 aromatic heterocycles. The van der Waals surface area contributed by atoms with E-state index in [4.69, 9.17) is 0 Å². The van der Waals surface area contributed by atoms with Crippen LogP contribution >= 0.6 is 0 Å². The third kappa shape index (κ3) is 2.71. The largest absolute Gasteiger partial charge is 0.381 e. The van der Waals surface area contributed by atoms with Gasteiger partial charge in [-0.05, 0) is 53.6 Å². The predicted molar refractivity (Wildman–Crippen MR) is 99.5 cm³/mol. The van der Waals surface area contributed by atoms with Gasteiger partial charge in [-0.3, -0.25) is 0 Å². The summed E-state index contributed by atoms with van der Waals surface area (Å²) in [4.78, 5) is 2.24. The highest BCUT2D eigenvalue weighted by Crippen LogP contribution is 2.42. The monoisotopic (exact) mass is 306 g/mol. The molecule has 2 aliphatic carbocycles. The molecule has 2 aromatic rings. The van der Waals surface area contributed by atoms with E-state index in [1.165, 1.54) is 65.7 Å². The molecular weight excluding hydrogens is 280 g/mol. The lowest BCUT2D eigenvalue weighted by atomic mass is 9.94. The second-order valence-corrected chi connectivity index (χ2v) is 7.23. The Labute approximate surface area is 139 Å². The molecule has 1 N–H and O–H groups in total. The number of nitrogens with one attached hydrogen (secondary N) is 1. The Kier molecular flexibility index (Phi) is 3.76. The van der Waals surface area contributed by atoms with E-state index in [1.54, 1.807) is 0 Å². The maximum atomic E-state index is 3.85. The zero-order valence-electron chi connectivity index (χ0n) is 14.2. The summed E-state index contributed by atoms with van der Waals surface area (Å²) in [5.74, 6) is 0. The lowest BCUT2D eigenvalue weighted by molar-refractivity contribution is 0.463. The Hall–Kier alpha value is -1.96. The summed E-state index contributed by atoms with van der Waals surface area (Å²) in [6.07, 6.45) is 7.80. The minimum absolute atomic E-state index is 0.636. The standard InChI is InChI=1S/C21H26N2/c1-23(2)21-13-16-12-15-8-6-7-11-18(15)19(16)14-20(21)22-17-9-4-3-5-10-17/h6-8,11,13-14,17,22H,3-5,9-10,12H2,1-2H3. The summed E-state index contributed by atoms with van der Waals surface area (Å²) in [6, 6.07) is 14.3. The van der Waals surface area contributed by atoms with Crippen molar-refractivity contribution >= 4 is 11.4 Å². The molecule has 4 rings (SSSR count). The molecule has 0 heterocycles. The molecule has 0 bridgehead atoms. The van der Waals surface area contributed by atoms with E-state index in [1.807, 2.05) is 0 Å². The van der Waals surface area contributed by atoms with E-state index in [2.05, 4.69) is 60.7 Å². The summed E-state index contributed by atoms with van der Waals surface area (Å²) < 4.78 is 0. The minimum Gasteiger partial charge on any atom is -0.381 e. The third-order valence-electron chi connectivity index (χ3n) is 5.36. The van der Waals surface area contributed by atoms with Crippen molar-refractivity contribution in [1.29, 1.82) is 0 Å². The van der Waals surface area contributed by atoms with Crippen molar-refractivity contribution in [2.24, 2.45) is 0 Å². The molecule has 1 fully saturated rings. The summed E-state index contributed by atoms with van der Waals surface area (Å²) in [5.41, 5.74) is 8.38. The number of anilines is 2. The highest BCUT2D eigenvalue weighted by atomic mass is 15.1. The van der Waals surface area contributed by atoms with Crippen molar-refractivity contribution in [3.8, 4) is 11.1 Å². The average Bonchev–Trinajstić information content (AvgIpc) is 2.93. The van der Waals surface area contributed by atoms with Gasteiger partial charge in [0.05, 0.1) is 11.4 Å². The van der Waals surface area contributed by atoms with Crippen LogP contribution in [0.15, 0.2) is 36.4 Å². The first-order valence-corrected chi connectivity index (χ1v) is 8.91. The maximum absolute atomic E-state index is 3.85. The molecule has 2 aromatic carbocycles. The lowest BCUT2D eigenvalue weighted by Gasteiger charge is -2.27. The number of rotatable bonds is 3. The molecule has 2 aliphatic rings. The fourth-order valence-electron chi connectivity index (χ4n) is 4.12. The van der Waals surface area contributed by atoms with Crippen LogP contribution in [0.25, 0.3) is 11.1 Å². The number of benzene rings is 2. The number of nitrogens with zero attached hydrogens (tertiary/aromatic N) is 1. The summed E-state index contributed by atoms with van der Waals surface area (Å²) in [7, 11) is 4.30. The van der Waals surface area contributed by atoms with Crippen LogP contribution < -0.4 is 10.2 Å². The van der Waals surface area contributed by atoms with Crippen LogP contribution in [0.2, 0.25) is 0 Å². The van der Waals surface area contributed by atoms with E-state index < -0.39 is 0 Å². The molecular formula is C21H26N2. The van der Waals surface area contributed by atoms with Gasteiger partial charge >= 0.3 is 0 Å². The molecule has 0 spiro atoms. The Balaban J connectivity index is 1.73. The van der Waals surface area contributed by atoms with Crippen LogP contribution in [0.4, 0.5) is 11.4 Å². The van der Waals surface area contributed by atoms with Crippen LogP contribution in [0.1, 0.15) is 43.2 Å². The van der Waals surface area contributed by atoms with Gasteiger partial charge in [-0.15, -0.1) is 0 Å². The van der Waals surface area contributed by atoms with Crippen LogP contribution in [0, 0.1) is 0 Å². The fraction of sp³-hybridized carbons (Fsp3) is 0.429. The normalized spacial score (nSPS) is 16.8. The van der Waals surface area contributed by atoms with Gasteiger partial charge in [0.15, 0.2) is 0 Å². The van der Waals surface area contributed by atoms with Crippen molar-refractivity contribution in [1.82, 2.24) is 0 Å². The molecule has 0 saturated heterocycles. The highest BCUT2D eigenvalue weighted by molar-refractivity contribution is 5.85. The Bertz CT molecular complexity index is 712. The fourth-order valence-corrected chi connectivity index (χ4v) is 4.12. The van der Waals surface area contributed by atoms with Gasteiger partial charge in [0.1, 0.15) is 0 Å². The van der Waals surface area contributed by atoms with Gasteiger partial charge < -0.3 is 10.2 Å². The van der Waals surface area contributed by atoms with E-state index >= 15 is 0 Å². The van der Waals surface area contributed by atoms with Gasteiger partial charge in [0, 0.05) is 20.1 Å². The van der Waals surface area contributed by atoms with Crippen molar-refractivity contribution in [3.63, 3.8) is 0 Å². The smallest absolute Gasteiger partial charge is 0.0600 e. The predicted octanol–water partition coefficient (Wildman–Crippen LogP) is 5.07. The molecule has 0 unspecified atom stereocenters. The molecule has 2 nitrogen and oxygen atoms in total. The van der Waals surface area contributed by atoms with Crippen molar-refractivity contribution in [2.75, 3.05) is 24.3 Å². The Morgan fingerprint density at radius 3 is 2.48 bits per heavy atom. The average molecular weight is 306 g/mol. The van der Waals surface area contributed by atoms with Gasteiger partial charge in [-0.25, -0.2) is 0 Å². The summed E-state index contributed by atoms with van der Waals surface area (Å²) in [5, 5.41) is 3.85. The highest BCUT2D eigenvalue weighted by Gasteiger charge is 2.22. The molecule has 120 valence electrons. The molecule has 0 amide bonds. The quantitative estimate of drug-likeness (QED) is 0.727. The SMILES string of the molecule is CN(C)c1cc2c(cc1NC1CCCCC1)-c1ccccc1C2. The first kappa shape index (κ1) is 14.6. The van der Waals surface area contributed by atoms with Crippen LogP contribution in [-0.2, 0) is 6.42 Å². The molecule has 0 radical (unpaired) electrons. The van der Waals surface area contributed by atoms with Crippen LogP contribution in [0.3, 0.4) is 0 Å². The lowest BCUT2D eigenvalue weighted by Crippen LogP contribution is -2.24. The Morgan fingerprint density at radius 2 is 1.70 bits per heavy atom. The zero-order valence-corrected chi connectivity index (χ0v) is 14.2. The molecule has 23 heavy (non-hydrogen) atoms. The third-order valence-corrected chi connectivity index (χ3v) is 5.36. The van der Waals surface area contributed by atoms with Crippen LogP contribution in [-0.4, -0.2) is 20.1 Å². The molecule has 0 aliphatic heterocycles. The van der Waals surface area contributed by atoms with Gasteiger partial charge in [-0.2, -0.15) is 0 Å². The van der Waals surface area contributed by atoms with E-state index in [0.717, 1.165) is 6.42 Å². The first-order valence-electron chi connectivity index (χ1n) is 8.91. The van der Waals surface area contributed by atoms with Gasteiger partial charge in [-0.1, -0.05) is 43.5 Å². The minimum atomic E-state index is 0.636. The zero-order chi connectivity index (χ0) is 15.8. The Morgan fingerprint density at radius 1 is 0.913 bits per heavy atom.